The summed E-state index contributed by atoms with van der Waals surface area (Å²) in [7, 11) is 0. The van der Waals surface area contributed by atoms with E-state index in [1.165, 1.54) is 17.3 Å². The molecule has 1 aliphatic heterocycles. The lowest BCUT2D eigenvalue weighted by atomic mass is 10.1. The zero-order valence-corrected chi connectivity index (χ0v) is 20.0. The van der Waals surface area contributed by atoms with Crippen molar-refractivity contribution in [2.24, 2.45) is 0 Å². The Morgan fingerprint density at radius 3 is 2.63 bits per heavy atom. The van der Waals surface area contributed by atoms with Gasteiger partial charge in [0.2, 0.25) is 0 Å². The molecular weight excluding hydrogens is 482 g/mol. The molecule has 3 rings (SSSR count). The van der Waals surface area contributed by atoms with Crippen LogP contribution in [0.1, 0.15) is 23.6 Å². The van der Waals surface area contributed by atoms with Crippen LogP contribution >= 0.6 is 39.9 Å². The number of carbonyl (C=O) groups excluding carboxylic acids is 1. The maximum absolute atomic E-state index is 13.0. The van der Waals surface area contributed by atoms with Gasteiger partial charge in [-0.05, 0) is 59.1 Å². The predicted octanol–water partition coefficient (Wildman–Crippen LogP) is 6.12. The third-order valence-corrected chi connectivity index (χ3v) is 6.28. The quantitative estimate of drug-likeness (QED) is 0.246. The fourth-order valence-electron chi connectivity index (χ4n) is 2.88. The summed E-state index contributed by atoms with van der Waals surface area (Å²) in [6, 6.07) is 11.9. The van der Waals surface area contributed by atoms with Crippen molar-refractivity contribution in [2.45, 2.75) is 20.4 Å². The summed E-state index contributed by atoms with van der Waals surface area (Å²) in [4.78, 5) is 15.2. The van der Waals surface area contributed by atoms with Gasteiger partial charge in [0.25, 0.3) is 5.91 Å². The minimum Gasteiger partial charge on any atom is -0.490 e. The van der Waals surface area contributed by atoms with Crippen LogP contribution in [0.25, 0.3) is 6.08 Å². The van der Waals surface area contributed by atoms with Crippen LogP contribution in [-0.4, -0.2) is 28.3 Å². The summed E-state index contributed by atoms with van der Waals surface area (Å²) in [5.74, 6) is 1.13. The molecular formula is C23H22BrNO3S2. The van der Waals surface area contributed by atoms with Gasteiger partial charge in [0, 0.05) is 0 Å². The topological polar surface area (TPSA) is 38.8 Å². The van der Waals surface area contributed by atoms with Gasteiger partial charge < -0.3 is 9.47 Å². The number of ether oxygens (including phenoxy) is 2. The standard InChI is InChI=1S/C23H22BrNO3S2/c1-4-10-28-21-18(24)11-17(12-19(21)27-5-2)13-20-22(26)25(23(29)30-20)14-16-8-6-15(3)7-9-16/h4,6-9,11-13H,1,5,10,14H2,2-3H3/b20-13-. The van der Waals surface area contributed by atoms with Crippen molar-refractivity contribution >= 4 is 56.2 Å². The van der Waals surface area contributed by atoms with Crippen molar-refractivity contribution in [3.05, 3.63) is 75.1 Å². The predicted molar refractivity (Wildman–Crippen MR) is 131 cm³/mol. The summed E-state index contributed by atoms with van der Waals surface area (Å²) >= 11 is 10.3. The van der Waals surface area contributed by atoms with Gasteiger partial charge in [0.05, 0.1) is 22.5 Å². The molecule has 2 aromatic rings. The number of hydrogen-bond donors (Lipinski definition) is 0. The number of rotatable bonds is 8. The fraction of sp³-hybridized carbons (Fsp3) is 0.217. The summed E-state index contributed by atoms with van der Waals surface area (Å²) < 4.78 is 12.7. The van der Waals surface area contributed by atoms with Gasteiger partial charge in [0.1, 0.15) is 10.9 Å². The van der Waals surface area contributed by atoms with Crippen LogP contribution in [0.4, 0.5) is 0 Å². The van der Waals surface area contributed by atoms with Crippen molar-refractivity contribution < 1.29 is 14.3 Å². The van der Waals surface area contributed by atoms with E-state index in [-0.39, 0.29) is 5.91 Å². The van der Waals surface area contributed by atoms with Gasteiger partial charge >= 0.3 is 0 Å². The average molecular weight is 504 g/mol. The van der Waals surface area contributed by atoms with E-state index in [1.807, 2.05) is 56.3 Å². The Kier molecular flexibility index (Phi) is 7.75. The molecule has 0 saturated carbocycles. The third-order valence-electron chi connectivity index (χ3n) is 4.31. The van der Waals surface area contributed by atoms with Crippen LogP contribution in [0.3, 0.4) is 0 Å². The number of nitrogens with zero attached hydrogens (tertiary/aromatic N) is 1. The molecule has 0 spiro atoms. The zero-order valence-electron chi connectivity index (χ0n) is 16.8. The number of aryl methyl sites for hydroxylation is 1. The monoisotopic (exact) mass is 503 g/mol. The number of benzene rings is 2. The molecule has 30 heavy (non-hydrogen) atoms. The number of amides is 1. The van der Waals surface area contributed by atoms with Gasteiger partial charge in [-0.2, -0.15) is 0 Å². The van der Waals surface area contributed by atoms with Crippen molar-refractivity contribution in [3.63, 3.8) is 0 Å². The Hall–Kier alpha value is -2.09. The summed E-state index contributed by atoms with van der Waals surface area (Å²) in [5, 5.41) is 0. The first-order valence-electron chi connectivity index (χ1n) is 9.44. The maximum Gasteiger partial charge on any atom is 0.266 e. The van der Waals surface area contributed by atoms with Crippen LogP contribution < -0.4 is 9.47 Å². The van der Waals surface area contributed by atoms with Crippen molar-refractivity contribution in [2.75, 3.05) is 13.2 Å². The van der Waals surface area contributed by atoms with Crippen LogP contribution in [0.15, 0.2) is 58.4 Å². The SMILES string of the molecule is C=CCOc1c(Br)cc(/C=C2\SC(=S)N(Cc3ccc(C)cc3)C2=O)cc1OCC. The van der Waals surface area contributed by atoms with Crippen LogP contribution in [0.5, 0.6) is 11.5 Å². The first kappa shape index (κ1) is 22.6. The second kappa shape index (κ2) is 10.3. The fourth-order valence-corrected chi connectivity index (χ4v) is 4.71. The smallest absolute Gasteiger partial charge is 0.266 e. The molecule has 0 atom stereocenters. The third kappa shape index (κ3) is 5.33. The molecule has 156 valence electrons. The van der Waals surface area contributed by atoms with Crippen molar-refractivity contribution in [1.29, 1.82) is 0 Å². The molecule has 0 radical (unpaired) electrons. The largest absolute Gasteiger partial charge is 0.490 e. The second-order valence-electron chi connectivity index (χ2n) is 6.62. The highest BCUT2D eigenvalue weighted by molar-refractivity contribution is 9.10. The van der Waals surface area contributed by atoms with Crippen LogP contribution in [0.2, 0.25) is 0 Å². The lowest BCUT2D eigenvalue weighted by Crippen LogP contribution is -2.27. The average Bonchev–Trinajstić information content (AvgIpc) is 2.96. The highest BCUT2D eigenvalue weighted by Crippen LogP contribution is 2.39. The Labute approximate surface area is 195 Å². The number of carbonyl (C=O) groups is 1. The van der Waals surface area contributed by atoms with E-state index in [0.29, 0.717) is 40.5 Å². The van der Waals surface area contributed by atoms with Crippen molar-refractivity contribution in [3.8, 4) is 11.5 Å². The second-order valence-corrected chi connectivity index (χ2v) is 9.15. The van der Waals surface area contributed by atoms with Gasteiger partial charge in [-0.25, -0.2) is 0 Å². The lowest BCUT2D eigenvalue weighted by Gasteiger charge is -2.15. The van der Waals surface area contributed by atoms with E-state index in [9.17, 15) is 4.79 Å². The zero-order chi connectivity index (χ0) is 21.7. The van der Waals surface area contributed by atoms with E-state index in [2.05, 4.69) is 22.5 Å². The molecule has 1 fully saturated rings. The first-order chi connectivity index (χ1) is 14.4. The number of halogens is 1. The molecule has 2 aromatic carbocycles. The van der Waals surface area contributed by atoms with Gasteiger partial charge in [-0.3, -0.25) is 9.69 Å². The molecule has 0 N–H and O–H groups in total. The normalized spacial score (nSPS) is 15.0. The lowest BCUT2D eigenvalue weighted by molar-refractivity contribution is -0.122. The molecule has 0 aliphatic carbocycles. The highest BCUT2D eigenvalue weighted by Gasteiger charge is 2.32. The van der Waals surface area contributed by atoms with Crippen molar-refractivity contribution in [1.82, 2.24) is 4.90 Å². The molecule has 1 heterocycles. The first-order valence-corrected chi connectivity index (χ1v) is 11.5. The van der Waals surface area contributed by atoms with E-state index in [0.717, 1.165) is 15.6 Å². The molecule has 0 bridgehead atoms. The minimum absolute atomic E-state index is 0.0911. The number of thioether (sulfide) groups is 1. The Balaban J connectivity index is 1.85. The maximum atomic E-state index is 13.0. The Bertz CT molecular complexity index is 1000. The minimum atomic E-state index is -0.0911. The Morgan fingerprint density at radius 2 is 1.97 bits per heavy atom. The van der Waals surface area contributed by atoms with Crippen LogP contribution in [-0.2, 0) is 11.3 Å². The summed E-state index contributed by atoms with van der Waals surface area (Å²) in [5.41, 5.74) is 3.05. The summed E-state index contributed by atoms with van der Waals surface area (Å²) in [6.07, 6.45) is 3.51. The van der Waals surface area contributed by atoms with E-state index < -0.39 is 0 Å². The molecule has 1 amide bonds. The van der Waals surface area contributed by atoms with Crippen LogP contribution in [0, 0.1) is 6.92 Å². The molecule has 0 unspecified atom stereocenters. The van der Waals surface area contributed by atoms with Gasteiger partial charge in [0.15, 0.2) is 11.5 Å². The molecule has 4 nitrogen and oxygen atoms in total. The number of thiocarbonyl (C=S) groups is 1. The Morgan fingerprint density at radius 1 is 1.23 bits per heavy atom. The molecule has 1 saturated heterocycles. The van der Waals surface area contributed by atoms with E-state index in [1.54, 1.807) is 11.0 Å². The van der Waals surface area contributed by atoms with Gasteiger partial charge in [-0.1, -0.05) is 66.5 Å². The molecule has 1 aliphatic rings. The number of hydrogen-bond acceptors (Lipinski definition) is 5. The highest BCUT2D eigenvalue weighted by atomic mass is 79.9. The van der Waals surface area contributed by atoms with E-state index >= 15 is 0 Å². The molecule has 0 aromatic heterocycles. The molecule has 7 heteroatoms. The summed E-state index contributed by atoms with van der Waals surface area (Å²) in [6.45, 7) is 8.96. The van der Waals surface area contributed by atoms with E-state index in [4.69, 9.17) is 21.7 Å². The van der Waals surface area contributed by atoms with Gasteiger partial charge in [-0.15, -0.1) is 0 Å².